The summed E-state index contributed by atoms with van der Waals surface area (Å²) in [5, 5.41) is 26.1. The second kappa shape index (κ2) is 10.3. The van der Waals surface area contributed by atoms with Gasteiger partial charge < -0.3 is 9.63 Å². The molecule has 0 radical (unpaired) electrons. The number of fused-ring (bicyclic) bond motifs is 1. The molecular formula is C28H25N3O6. The molecule has 9 heteroatoms. The van der Waals surface area contributed by atoms with E-state index >= 15 is 0 Å². The zero-order valence-corrected chi connectivity index (χ0v) is 20.1. The molecule has 2 aromatic carbocycles. The van der Waals surface area contributed by atoms with Crippen molar-refractivity contribution in [2.24, 2.45) is 4.99 Å². The fourth-order valence-electron chi connectivity index (χ4n) is 5.01. The lowest BCUT2D eigenvalue weighted by molar-refractivity contribution is -0.384. The third kappa shape index (κ3) is 5.11. The Morgan fingerprint density at radius 3 is 2.54 bits per heavy atom. The molecule has 1 unspecified atom stereocenters. The van der Waals surface area contributed by atoms with Crippen molar-refractivity contribution in [3.05, 3.63) is 98.6 Å². The van der Waals surface area contributed by atoms with E-state index in [9.17, 15) is 24.8 Å². The van der Waals surface area contributed by atoms with Crippen molar-refractivity contribution >= 4 is 28.7 Å². The molecule has 5 rings (SSSR count). The highest BCUT2D eigenvalue weighted by atomic mass is 16.6. The van der Waals surface area contributed by atoms with E-state index < -0.39 is 4.92 Å². The second-order valence-corrected chi connectivity index (χ2v) is 9.30. The number of aryl methyl sites for hydroxylation is 2. The third-order valence-corrected chi connectivity index (χ3v) is 6.84. The van der Waals surface area contributed by atoms with Gasteiger partial charge in [0.15, 0.2) is 11.6 Å². The second-order valence-electron chi connectivity index (χ2n) is 9.30. The normalized spacial score (nSPS) is 20.1. The number of hydrogen-bond donors (Lipinski definition) is 1. The Morgan fingerprint density at radius 1 is 1.05 bits per heavy atom. The average molecular weight is 500 g/mol. The third-order valence-electron chi connectivity index (χ3n) is 6.84. The maximum atomic E-state index is 13.3. The molecule has 2 aliphatic rings. The summed E-state index contributed by atoms with van der Waals surface area (Å²) in [6.07, 6.45) is 2.83. The Labute approximate surface area is 212 Å². The Kier molecular flexibility index (Phi) is 6.76. The van der Waals surface area contributed by atoms with Gasteiger partial charge >= 0.3 is 0 Å². The van der Waals surface area contributed by atoms with Crippen LogP contribution in [0.1, 0.15) is 65.4 Å². The van der Waals surface area contributed by atoms with E-state index in [2.05, 4.69) is 10.1 Å². The predicted octanol–water partition coefficient (Wildman–Crippen LogP) is 5.77. The van der Waals surface area contributed by atoms with E-state index in [1.54, 1.807) is 0 Å². The molecule has 0 amide bonds. The average Bonchev–Trinajstić information content (AvgIpc) is 3.32. The first-order valence-corrected chi connectivity index (χ1v) is 12.2. The number of benzene rings is 2. The predicted molar refractivity (Wildman–Crippen MR) is 135 cm³/mol. The van der Waals surface area contributed by atoms with Crippen LogP contribution in [0.15, 0.2) is 75.4 Å². The molecule has 0 bridgehead atoms. The Hall–Kier alpha value is -4.40. The topological polar surface area (TPSA) is 136 Å². The summed E-state index contributed by atoms with van der Waals surface area (Å²) in [5.41, 5.74) is 2.97. The van der Waals surface area contributed by atoms with Gasteiger partial charge in [0.25, 0.3) is 5.69 Å². The van der Waals surface area contributed by atoms with Crippen molar-refractivity contribution in [2.45, 2.75) is 50.9 Å². The molecule has 37 heavy (non-hydrogen) atoms. The number of allylic oxidation sites excluding steroid dienone is 2. The van der Waals surface area contributed by atoms with Crippen LogP contribution in [0.5, 0.6) is 0 Å². The Morgan fingerprint density at radius 2 is 1.81 bits per heavy atom. The standard InChI is InChI=1S/C28H25N3O6/c32-23-7-4-8-26-28(23)21(30-37-26)13-14-24(33)27-22(29-19-9-11-20(12-10-19)31(35)36)15-18(16-25(27)34)17-5-2-1-3-6-17/h1-3,5-6,9-12,18,33H,4,7-8,13-16H2/b27-24+,29-22?. The molecule has 0 saturated heterocycles. The number of non-ortho nitro benzene ring substituents is 1. The number of rotatable bonds is 6. The van der Waals surface area contributed by atoms with Crippen LogP contribution < -0.4 is 0 Å². The molecule has 0 spiro atoms. The maximum Gasteiger partial charge on any atom is 0.269 e. The van der Waals surface area contributed by atoms with Crippen LogP contribution in [0.2, 0.25) is 0 Å². The Bertz CT molecular complexity index is 1420. The number of aromatic nitrogens is 1. The Balaban J connectivity index is 1.47. The minimum Gasteiger partial charge on any atom is -0.511 e. The molecule has 1 atom stereocenters. The van der Waals surface area contributed by atoms with Crippen molar-refractivity contribution < 1.29 is 24.1 Å². The lowest BCUT2D eigenvalue weighted by Crippen LogP contribution is -2.26. The molecule has 1 heterocycles. The van der Waals surface area contributed by atoms with Crippen molar-refractivity contribution in [3.8, 4) is 0 Å². The SMILES string of the molecule is O=C1CC(c2ccccc2)CC(=Nc2ccc([N+](=O)[O-])cc2)/C1=C(\O)CCc1noc2c1C(=O)CCC2. The number of nitrogens with zero attached hydrogens (tertiary/aromatic N) is 3. The zero-order valence-electron chi connectivity index (χ0n) is 20.1. The summed E-state index contributed by atoms with van der Waals surface area (Å²) in [5.74, 6) is 0.124. The molecule has 0 aliphatic heterocycles. The molecule has 1 fully saturated rings. The van der Waals surface area contributed by atoms with E-state index in [4.69, 9.17) is 4.52 Å². The first-order chi connectivity index (χ1) is 17.9. The monoisotopic (exact) mass is 499 g/mol. The number of aliphatic imine (C=N–C) groups is 1. The minimum atomic E-state index is -0.489. The van der Waals surface area contributed by atoms with Crippen molar-refractivity contribution in [2.75, 3.05) is 0 Å². The maximum absolute atomic E-state index is 13.3. The van der Waals surface area contributed by atoms with E-state index in [1.165, 1.54) is 24.3 Å². The number of nitro benzene ring substituents is 1. The summed E-state index contributed by atoms with van der Waals surface area (Å²) in [4.78, 5) is 40.9. The first-order valence-electron chi connectivity index (χ1n) is 12.2. The van der Waals surface area contributed by atoms with Gasteiger partial charge in [0, 0.05) is 44.2 Å². The van der Waals surface area contributed by atoms with Crippen molar-refractivity contribution in [3.63, 3.8) is 0 Å². The van der Waals surface area contributed by atoms with Gasteiger partial charge in [-0.15, -0.1) is 0 Å². The van der Waals surface area contributed by atoms with Gasteiger partial charge in [-0.25, -0.2) is 0 Å². The molecule has 2 aliphatic carbocycles. The van der Waals surface area contributed by atoms with Gasteiger partial charge in [-0.1, -0.05) is 35.5 Å². The van der Waals surface area contributed by atoms with E-state index in [-0.39, 0.29) is 53.8 Å². The van der Waals surface area contributed by atoms with Gasteiger partial charge in [0.2, 0.25) is 0 Å². The number of carbonyl (C=O) groups is 2. The van der Waals surface area contributed by atoms with Gasteiger partial charge in [0.1, 0.15) is 11.5 Å². The van der Waals surface area contributed by atoms with Gasteiger partial charge in [-0.05, 0) is 36.5 Å². The number of aliphatic hydroxyl groups excluding tert-OH is 1. The highest BCUT2D eigenvalue weighted by Gasteiger charge is 2.33. The lowest BCUT2D eigenvalue weighted by Gasteiger charge is -2.26. The molecule has 188 valence electrons. The van der Waals surface area contributed by atoms with Gasteiger partial charge in [-0.2, -0.15) is 0 Å². The lowest BCUT2D eigenvalue weighted by atomic mass is 9.78. The van der Waals surface area contributed by atoms with Crippen LogP contribution >= 0.6 is 0 Å². The van der Waals surface area contributed by atoms with Crippen LogP contribution in [0, 0.1) is 10.1 Å². The van der Waals surface area contributed by atoms with Crippen molar-refractivity contribution in [1.29, 1.82) is 0 Å². The molecule has 9 nitrogen and oxygen atoms in total. The van der Waals surface area contributed by atoms with Crippen LogP contribution in [-0.4, -0.2) is 32.5 Å². The summed E-state index contributed by atoms with van der Waals surface area (Å²) in [6, 6.07) is 15.4. The molecule has 1 N–H and O–H groups in total. The zero-order chi connectivity index (χ0) is 25.9. The summed E-state index contributed by atoms with van der Waals surface area (Å²) < 4.78 is 5.34. The highest BCUT2D eigenvalue weighted by Crippen LogP contribution is 2.35. The summed E-state index contributed by atoms with van der Waals surface area (Å²) in [7, 11) is 0. The van der Waals surface area contributed by atoms with E-state index in [1.807, 2.05) is 30.3 Å². The fourth-order valence-corrected chi connectivity index (χ4v) is 5.01. The number of carbonyl (C=O) groups excluding carboxylic acids is 2. The van der Waals surface area contributed by atoms with Crippen LogP contribution in [0.4, 0.5) is 11.4 Å². The van der Waals surface area contributed by atoms with Gasteiger partial charge in [-0.3, -0.25) is 24.7 Å². The molecule has 1 aromatic heterocycles. The van der Waals surface area contributed by atoms with Crippen LogP contribution in [0.3, 0.4) is 0 Å². The molecule has 3 aromatic rings. The van der Waals surface area contributed by atoms with Crippen LogP contribution in [-0.2, 0) is 17.6 Å². The fraction of sp³-hybridized carbons (Fsp3) is 0.286. The highest BCUT2D eigenvalue weighted by molar-refractivity contribution is 6.25. The number of ketones is 2. The van der Waals surface area contributed by atoms with Gasteiger partial charge in [0.05, 0.1) is 33.2 Å². The summed E-state index contributed by atoms with van der Waals surface area (Å²) >= 11 is 0. The summed E-state index contributed by atoms with van der Waals surface area (Å²) in [6.45, 7) is 0. The van der Waals surface area contributed by atoms with E-state index in [0.29, 0.717) is 47.7 Å². The minimum absolute atomic E-state index is 0.00971. The largest absolute Gasteiger partial charge is 0.511 e. The number of aliphatic hydroxyl groups is 1. The number of nitro groups is 1. The molecule has 1 saturated carbocycles. The van der Waals surface area contributed by atoms with E-state index in [0.717, 1.165) is 12.0 Å². The van der Waals surface area contributed by atoms with Crippen molar-refractivity contribution in [1.82, 2.24) is 5.16 Å². The van der Waals surface area contributed by atoms with Crippen LogP contribution in [0.25, 0.3) is 0 Å². The molecular weight excluding hydrogens is 474 g/mol. The number of Topliss-reactive ketones (excluding diaryl/α,β-unsaturated/α-hetero) is 2. The smallest absolute Gasteiger partial charge is 0.269 e. The quantitative estimate of drug-likeness (QED) is 0.197. The first kappa shape index (κ1) is 24.3. The number of hydrogen-bond acceptors (Lipinski definition) is 8.